The number of rotatable bonds is 8. The summed E-state index contributed by atoms with van der Waals surface area (Å²) in [5.41, 5.74) is 5.64. The van der Waals surface area contributed by atoms with E-state index in [9.17, 15) is 0 Å². The van der Waals surface area contributed by atoms with Gasteiger partial charge in [-0.25, -0.2) is 0 Å². The molecule has 0 radical (unpaired) electrons. The predicted molar refractivity (Wildman–Crippen MR) is 58.3 cm³/mol. The molecule has 0 saturated carbocycles. The molecule has 0 rings (SSSR count). The topological polar surface area (TPSA) is 58.7 Å². The lowest BCUT2D eigenvalue weighted by Gasteiger charge is -2.28. The largest absolute Gasteiger partial charge is 0.395 e. The summed E-state index contributed by atoms with van der Waals surface area (Å²) < 4.78 is 5.10. The molecule has 0 fully saturated rings. The molecule has 3 N–H and O–H groups in total. The minimum absolute atomic E-state index is 0.0657. The van der Waals surface area contributed by atoms with E-state index in [4.69, 9.17) is 15.6 Å². The summed E-state index contributed by atoms with van der Waals surface area (Å²) in [7, 11) is 1.71. The number of ether oxygens (including phenoxy) is 1. The molecule has 86 valence electrons. The lowest BCUT2D eigenvalue weighted by atomic mass is 10.2. The molecule has 0 spiro atoms. The van der Waals surface area contributed by atoms with Crippen molar-refractivity contribution in [3.63, 3.8) is 0 Å². The molecular formula is C10H24N2O2. The number of aliphatic hydroxyl groups excluding tert-OH is 1. The van der Waals surface area contributed by atoms with Crippen LogP contribution >= 0.6 is 0 Å². The number of hydrogen-bond donors (Lipinski definition) is 2. The molecule has 0 bridgehead atoms. The summed E-state index contributed by atoms with van der Waals surface area (Å²) >= 11 is 0. The fraction of sp³-hybridized carbons (Fsp3) is 1.00. The number of aliphatic hydroxyl groups is 1. The Kier molecular flexibility index (Phi) is 8.08. The van der Waals surface area contributed by atoms with Crippen molar-refractivity contribution in [2.24, 2.45) is 5.73 Å². The number of nitrogens with zero attached hydrogens (tertiary/aromatic N) is 1. The van der Waals surface area contributed by atoms with Crippen LogP contribution in [0.15, 0.2) is 0 Å². The minimum atomic E-state index is -0.0983. The highest BCUT2D eigenvalue weighted by Crippen LogP contribution is 2.01. The van der Waals surface area contributed by atoms with Crippen molar-refractivity contribution < 1.29 is 9.84 Å². The van der Waals surface area contributed by atoms with Crippen LogP contribution in [0.4, 0.5) is 0 Å². The zero-order valence-electron chi connectivity index (χ0n) is 9.57. The van der Waals surface area contributed by atoms with E-state index in [1.165, 1.54) is 0 Å². The maximum atomic E-state index is 8.79. The van der Waals surface area contributed by atoms with Gasteiger partial charge in [0.25, 0.3) is 0 Å². The average Bonchev–Trinajstić information content (AvgIpc) is 2.18. The van der Waals surface area contributed by atoms with Gasteiger partial charge >= 0.3 is 0 Å². The normalized spacial score (nSPS) is 15.9. The maximum Gasteiger partial charge on any atom is 0.0615 e. The Morgan fingerprint density at radius 1 is 1.50 bits per heavy atom. The Morgan fingerprint density at radius 3 is 2.57 bits per heavy atom. The zero-order chi connectivity index (χ0) is 11.0. The molecule has 0 amide bonds. The third kappa shape index (κ3) is 5.54. The summed E-state index contributed by atoms with van der Waals surface area (Å²) in [6.45, 7) is 6.97. The number of hydrogen-bond acceptors (Lipinski definition) is 4. The first-order chi connectivity index (χ1) is 6.65. The molecule has 0 aromatic rings. The Bertz CT molecular complexity index is 133. The van der Waals surface area contributed by atoms with Gasteiger partial charge in [-0.05, 0) is 19.9 Å². The molecule has 4 nitrogen and oxygen atoms in total. The van der Waals surface area contributed by atoms with Crippen LogP contribution in [0.25, 0.3) is 0 Å². The molecule has 0 saturated heterocycles. The van der Waals surface area contributed by atoms with Gasteiger partial charge in [0.15, 0.2) is 0 Å². The fourth-order valence-corrected chi connectivity index (χ4v) is 1.46. The second-order valence-corrected chi connectivity index (χ2v) is 3.66. The van der Waals surface area contributed by atoms with Crippen molar-refractivity contribution in [2.45, 2.75) is 32.4 Å². The van der Waals surface area contributed by atoms with Crippen LogP contribution in [-0.2, 0) is 4.74 Å². The second kappa shape index (κ2) is 8.17. The van der Waals surface area contributed by atoms with Crippen molar-refractivity contribution in [1.82, 2.24) is 4.90 Å². The molecule has 4 heteroatoms. The number of nitrogens with two attached hydrogens (primary N) is 1. The van der Waals surface area contributed by atoms with E-state index in [0.29, 0.717) is 6.04 Å². The van der Waals surface area contributed by atoms with Gasteiger partial charge in [-0.3, -0.25) is 4.90 Å². The van der Waals surface area contributed by atoms with Crippen LogP contribution in [-0.4, -0.2) is 55.5 Å². The lowest BCUT2D eigenvalue weighted by molar-refractivity contribution is 0.0986. The van der Waals surface area contributed by atoms with Crippen LogP contribution in [0.2, 0.25) is 0 Å². The Morgan fingerprint density at radius 2 is 2.14 bits per heavy atom. The highest BCUT2D eigenvalue weighted by molar-refractivity contribution is 4.68. The lowest BCUT2D eigenvalue weighted by Crippen LogP contribution is -2.39. The summed E-state index contributed by atoms with van der Waals surface area (Å²) in [5, 5.41) is 8.79. The molecular weight excluding hydrogens is 180 g/mol. The summed E-state index contributed by atoms with van der Waals surface area (Å²) in [6.07, 6.45) is 0.832. The Labute approximate surface area is 87.0 Å². The first kappa shape index (κ1) is 13.8. The molecule has 2 unspecified atom stereocenters. The van der Waals surface area contributed by atoms with E-state index in [0.717, 1.165) is 26.1 Å². The maximum absolute atomic E-state index is 8.79. The number of methoxy groups -OCH3 is 1. The van der Waals surface area contributed by atoms with Gasteiger partial charge in [-0.15, -0.1) is 0 Å². The quantitative estimate of drug-likeness (QED) is 0.587. The highest BCUT2D eigenvalue weighted by atomic mass is 16.5. The summed E-state index contributed by atoms with van der Waals surface area (Å²) in [4.78, 5) is 2.30. The molecule has 0 aliphatic rings. The predicted octanol–water partition coefficient (Wildman–Crippen LogP) is 0.0529. The van der Waals surface area contributed by atoms with Gasteiger partial charge in [0.1, 0.15) is 0 Å². The Balaban J connectivity index is 3.77. The van der Waals surface area contributed by atoms with Gasteiger partial charge in [0.2, 0.25) is 0 Å². The van der Waals surface area contributed by atoms with Crippen LogP contribution in [0.1, 0.15) is 20.3 Å². The van der Waals surface area contributed by atoms with Crippen LogP contribution < -0.4 is 5.73 Å². The molecule has 0 aromatic heterocycles. The van der Waals surface area contributed by atoms with Crippen molar-refractivity contribution in [3.8, 4) is 0 Å². The Hall–Kier alpha value is -0.160. The van der Waals surface area contributed by atoms with Crippen molar-refractivity contribution in [3.05, 3.63) is 0 Å². The van der Waals surface area contributed by atoms with Crippen molar-refractivity contribution in [2.75, 3.05) is 33.4 Å². The highest BCUT2D eigenvalue weighted by Gasteiger charge is 2.12. The molecule has 0 heterocycles. The zero-order valence-corrected chi connectivity index (χ0v) is 9.57. The van der Waals surface area contributed by atoms with Gasteiger partial charge in [-0.1, -0.05) is 6.92 Å². The van der Waals surface area contributed by atoms with Gasteiger partial charge in [0.05, 0.1) is 13.2 Å². The van der Waals surface area contributed by atoms with E-state index in [2.05, 4.69) is 18.7 Å². The third-order valence-corrected chi connectivity index (χ3v) is 2.46. The molecule has 14 heavy (non-hydrogen) atoms. The minimum Gasteiger partial charge on any atom is -0.395 e. The van der Waals surface area contributed by atoms with E-state index in [1.807, 2.05) is 0 Å². The summed E-state index contributed by atoms with van der Waals surface area (Å²) in [5.74, 6) is 0. The van der Waals surface area contributed by atoms with E-state index in [-0.39, 0.29) is 12.6 Å². The fourth-order valence-electron chi connectivity index (χ4n) is 1.46. The molecule has 0 aliphatic carbocycles. The first-order valence-electron chi connectivity index (χ1n) is 5.25. The van der Waals surface area contributed by atoms with Crippen molar-refractivity contribution in [1.29, 1.82) is 0 Å². The SMILES string of the molecule is CCN(CCC(N)CO)C(C)COC. The molecule has 2 atom stereocenters. The van der Waals surface area contributed by atoms with Crippen LogP contribution in [0.3, 0.4) is 0 Å². The van der Waals surface area contributed by atoms with Gasteiger partial charge in [0, 0.05) is 25.7 Å². The number of likely N-dealkylation sites (N-methyl/N-ethyl adjacent to an activating group) is 1. The van der Waals surface area contributed by atoms with E-state index in [1.54, 1.807) is 7.11 Å². The second-order valence-electron chi connectivity index (χ2n) is 3.66. The standard InChI is InChI=1S/C10H24N2O2/c1-4-12(9(2)8-14-3)6-5-10(11)7-13/h9-10,13H,4-8,11H2,1-3H3. The smallest absolute Gasteiger partial charge is 0.0615 e. The van der Waals surface area contributed by atoms with Crippen LogP contribution in [0, 0.1) is 0 Å². The van der Waals surface area contributed by atoms with Gasteiger partial charge in [-0.2, -0.15) is 0 Å². The van der Waals surface area contributed by atoms with E-state index < -0.39 is 0 Å². The molecule has 0 aliphatic heterocycles. The summed E-state index contributed by atoms with van der Waals surface area (Å²) in [6, 6.07) is 0.315. The van der Waals surface area contributed by atoms with Gasteiger partial charge < -0.3 is 15.6 Å². The average molecular weight is 204 g/mol. The monoisotopic (exact) mass is 204 g/mol. The van der Waals surface area contributed by atoms with Crippen molar-refractivity contribution >= 4 is 0 Å². The molecule has 0 aromatic carbocycles. The van der Waals surface area contributed by atoms with E-state index >= 15 is 0 Å². The van der Waals surface area contributed by atoms with Crippen LogP contribution in [0.5, 0.6) is 0 Å². The third-order valence-electron chi connectivity index (χ3n) is 2.46. The first-order valence-corrected chi connectivity index (χ1v) is 5.25.